The molecule has 1 aromatic rings. The third kappa shape index (κ3) is 9.94. The molecule has 5 aliphatic rings. The average molecular weight is 816 g/mol. The maximum Gasteiger partial charge on any atom is 0.410 e. The molecule has 57 heavy (non-hydrogen) atoms. The van der Waals surface area contributed by atoms with Crippen molar-refractivity contribution in [1.29, 1.82) is 0 Å². The maximum atomic E-state index is 14.6. The highest BCUT2D eigenvalue weighted by molar-refractivity contribution is 7.91. The number of sulfonamides is 1. The number of nitrogens with zero attached hydrogens (tertiary/aromatic N) is 2. The number of hydrogen-bond acceptors (Lipinski definition) is 11. The van der Waals surface area contributed by atoms with E-state index in [0.29, 0.717) is 36.8 Å². The number of amides is 5. The highest BCUT2D eigenvalue weighted by Gasteiger charge is 2.62. The highest BCUT2D eigenvalue weighted by atomic mass is 32.2. The van der Waals surface area contributed by atoms with Gasteiger partial charge in [0.15, 0.2) is 0 Å². The lowest BCUT2D eigenvalue weighted by Gasteiger charge is -2.31. The molecule has 16 nitrogen and oxygen atoms in total. The third-order valence-corrected chi connectivity index (χ3v) is 12.5. The van der Waals surface area contributed by atoms with Crippen molar-refractivity contribution in [3.63, 3.8) is 0 Å². The van der Waals surface area contributed by atoms with Gasteiger partial charge in [0.05, 0.1) is 18.3 Å². The lowest BCUT2D eigenvalue weighted by atomic mass is 10.0. The molecule has 6 rings (SSSR count). The summed E-state index contributed by atoms with van der Waals surface area (Å²) in [6.07, 6.45) is 4.18. The minimum atomic E-state index is -4.00. The lowest BCUT2D eigenvalue weighted by molar-refractivity contribution is -0.144. The first kappa shape index (κ1) is 41.6. The Bertz CT molecular complexity index is 1960. The molecule has 0 aromatic heterocycles. The zero-order valence-corrected chi connectivity index (χ0v) is 33.3. The number of hydrogen-bond donors (Lipinski definition) is 3. The molecule has 2 aliphatic carbocycles. The molecule has 5 amide bonds. The molecule has 1 saturated heterocycles. The van der Waals surface area contributed by atoms with Gasteiger partial charge in [0.25, 0.3) is 5.91 Å². The van der Waals surface area contributed by atoms with Gasteiger partial charge in [-0.2, -0.15) is 0 Å². The van der Waals surface area contributed by atoms with Crippen LogP contribution in [0.3, 0.4) is 0 Å². The minimum absolute atomic E-state index is 0.0436. The number of carbonyl (C=O) groups is 6. The van der Waals surface area contributed by atoms with Crippen molar-refractivity contribution >= 4 is 45.9 Å². The SMILES string of the molecule is C/C=C/C(=O)OC1CC/C=C\[C@H]2C[C@@]2(C(=O)NS(=O)(=O)C2CC2)NC(=O)[C@@H]2C[C@@H](OC(=O)N3Cc4cccc(F)c4C3)CN2C(=O)[C@@H](NC(=O)OC(C)(C)C)CC1. The van der Waals surface area contributed by atoms with Crippen LogP contribution in [0.25, 0.3) is 0 Å². The second-order valence-corrected chi connectivity index (χ2v) is 18.2. The molecule has 0 radical (unpaired) electrons. The van der Waals surface area contributed by atoms with Crippen LogP contribution in [0.4, 0.5) is 14.0 Å². The van der Waals surface area contributed by atoms with Gasteiger partial charge >= 0.3 is 18.2 Å². The molecule has 18 heteroatoms. The zero-order valence-electron chi connectivity index (χ0n) is 32.5. The first-order valence-corrected chi connectivity index (χ1v) is 20.8. The van der Waals surface area contributed by atoms with Crippen molar-refractivity contribution in [2.24, 2.45) is 5.92 Å². The predicted molar refractivity (Wildman–Crippen MR) is 201 cm³/mol. The topological polar surface area (TPSA) is 207 Å². The van der Waals surface area contributed by atoms with E-state index in [4.69, 9.17) is 14.2 Å². The number of allylic oxidation sites excluding steroid dienone is 2. The monoisotopic (exact) mass is 815 g/mol. The molecule has 3 N–H and O–H groups in total. The normalized spacial score (nSPS) is 28.5. The van der Waals surface area contributed by atoms with Crippen LogP contribution >= 0.6 is 0 Å². The van der Waals surface area contributed by atoms with Crippen LogP contribution in [0.15, 0.2) is 42.5 Å². The number of halogens is 1. The van der Waals surface area contributed by atoms with Gasteiger partial charge in [0, 0.05) is 30.5 Å². The number of alkyl carbamates (subject to hydrolysis) is 1. The molecule has 1 aromatic carbocycles. The van der Waals surface area contributed by atoms with Gasteiger partial charge in [0.1, 0.15) is 41.2 Å². The number of carbonyl (C=O) groups excluding carboxylic acids is 6. The lowest BCUT2D eigenvalue weighted by Crippen LogP contribution is -2.58. The Morgan fingerprint density at radius 1 is 1.02 bits per heavy atom. The molecule has 3 heterocycles. The van der Waals surface area contributed by atoms with Crippen LogP contribution in [0, 0.1) is 11.7 Å². The van der Waals surface area contributed by atoms with Crippen LogP contribution in [0.1, 0.15) is 90.2 Å². The molecule has 6 atom stereocenters. The summed E-state index contributed by atoms with van der Waals surface area (Å²) in [6.45, 7) is 6.35. The second-order valence-electron chi connectivity index (χ2n) is 16.3. The molecule has 2 saturated carbocycles. The van der Waals surface area contributed by atoms with Gasteiger partial charge in [-0.1, -0.05) is 30.4 Å². The van der Waals surface area contributed by atoms with Gasteiger partial charge in [-0.15, -0.1) is 0 Å². The van der Waals surface area contributed by atoms with Crippen molar-refractivity contribution in [2.45, 2.75) is 133 Å². The van der Waals surface area contributed by atoms with Crippen LogP contribution < -0.4 is 15.4 Å². The Balaban J connectivity index is 1.30. The van der Waals surface area contributed by atoms with Crippen molar-refractivity contribution in [2.75, 3.05) is 6.54 Å². The first-order valence-electron chi connectivity index (χ1n) is 19.3. The predicted octanol–water partition coefficient (Wildman–Crippen LogP) is 3.24. The number of rotatable bonds is 7. The number of fused-ring (bicyclic) bond motifs is 3. The summed E-state index contributed by atoms with van der Waals surface area (Å²) in [6, 6.07) is 1.90. The summed E-state index contributed by atoms with van der Waals surface area (Å²) < 4.78 is 59.3. The van der Waals surface area contributed by atoms with Gasteiger partial charge < -0.3 is 29.7 Å². The van der Waals surface area contributed by atoms with Crippen LogP contribution in [-0.2, 0) is 56.5 Å². The fourth-order valence-corrected chi connectivity index (χ4v) is 8.84. The van der Waals surface area contributed by atoms with Crippen molar-refractivity contribution in [3.8, 4) is 0 Å². The van der Waals surface area contributed by atoms with Crippen LogP contribution in [0.2, 0.25) is 0 Å². The minimum Gasteiger partial charge on any atom is -0.459 e. The third-order valence-electron chi connectivity index (χ3n) is 10.6. The Hall–Kier alpha value is -5.00. The summed E-state index contributed by atoms with van der Waals surface area (Å²) in [5, 5.41) is 4.65. The molecular formula is C39H50FN5O11S. The van der Waals surface area contributed by atoms with E-state index in [2.05, 4.69) is 15.4 Å². The Morgan fingerprint density at radius 2 is 1.77 bits per heavy atom. The summed E-state index contributed by atoms with van der Waals surface area (Å²) in [4.78, 5) is 84.2. The van der Waals surface area contributed by atoms with Gasteiger partial charge in [-0.05, 0) is 84.3 Å². The highest BCUT2D eigenvalue weighted by Crippen LogP contribution is 2.46. The molecule has 0 spiro atoms. The Labute approximate surface area is 330 Å². The molecule has 310 valence electrons. The maximum absolute atomic E-state index is 14.6. The van der Waals surface area contributed by atoms with E-state index in [0.717, 1.165) is 4.90 Å². The van der Waals surface area contributed by atoms with E-state index >= 15 is 0 Å². The Kier molecular flexibility index (Phi) is 12.0. The van der Waals surface area contributed by atoms with Crippen molar-refractivity contribution < 1.29 is 55.8 Å². The van der Waals surface area contributed by atoms with E-state index in [1.807, 2.05) is 0 Å². The largest absolute Gasteiger partial charge is 0.459 e. The summed E-state index contributed by atoms with van der Waals surface area (Å²) in [5.41, 5.74) is -1.63. The number of esters is 1. The summed E-state index contributed by atoms with van der Waals surface area (Å²) in [5.74, 6) is -4.12. The van der Waals surface area contributed by atoms with E-state index in [1.165, 1.54) is 23.1 Å². The molecule has 3 aliphatic heterocycles. The van der Waals surface area contributed by atoms with Crippen LogP contribution in [0.5, 0.6) is 0 Å². The fourth-order valence-electron chi connectivity index (χ4n) is 7.47. The number of nitrogens with one attached hydrogen (secondary N) is 3. The quantitative estimate of drug-likeness (QED) is 0.158. The van der Waals surface area contributed by atoms with Gasteiger partial charge in [-0.25, -0.2) is 27.2 Å². The Morgan fingerprint density at radius 3 is 2.46 bits per heavy atom. The smallest absolute Gasteiger partial charge is 0.410 e. The molecular weight excluding hydrogens is 766 g/mol. The van der Waals surface area contributed by atoms with Gasteiger partial charge in [0.2, 0.25) is 21.8 Å². The van der Waals surface area contributed by atoms with Crippen LogP contribution in [-0.4, -0.2) is 101 Å². The standard InChI is InChI=1S/C39H50FN5O11S/c1-5-9-32(46)54-25-12-7-6-11-24-19-39(24,35(49)43-57(52,53)27-15-16-27)42-33(47)31-18-26(55-37(51)44-20-23-10-8-13-29(40)28(23)22-44)21-45(31)34(48)30(17-14-25)41-36(50)56-38(2,3)4/h5-6,8-11,13,24-27,30-31H,7,12,14-22H2,1-4H3,(H,41,50)(H,42,47)(H,43,49)/b9-5+,11-6-/t24-,25?,26+,30-,31-,39+/m0/s1. The molecule has 3 fully saturated rings. The number of benzene rings is 1. The van der Waals surface area contributed by atoms with E-state index in [9.17, 15) is 41.6 Å². The second kappa shape index (κ2) is 16.5. The summed E-state index contributed by atoms with van der Waals surface area (Å²) in [7, 11) is -4.00. The number of ether oxygens (including phenoxy) is 3. The van der Waals surface area contributed by atoms with E-state index in [-0.39, 0.29) is 45.3 Å². The van der Waals surface area contributed by atoms with Crippen molar-refractivity contribution in [1.82, 2.24) is 25.2 Å². The first-order chi connectivity index (χ1) is 26.9. The van der Waals surface area contributed by atoms with E-state index < -0.39 is 98.3 Å². The average Bonchev–Trinajstić information content (AvgIpc) is 4.01. The zero-order chi connectivity index (χ0) is 41.3. The molecule has 0 bridgehead atoms. The summed E-state index contributed by atoms with van der Waals surface area (Å²) >= 11 is 0. The molecule has 1 unspecified atom stereocenters. The van der Waals surface area contributed by atoms with Gasteiger partial charge in [-0.3, -0.25) is 24.0 Å². The van der Waals surface area contributed by atoms with E-state index in [1.54, 1.807) is 52.0 Å². The fraction of sp³-hybridized carbons (Fsp3) is 0.590. The van der Waals surface area contributed by atoms with Crippen molar-refractivity contribution in [3.05, 3.63) is 59.4 Å².